The first kappa shape index (κ1) is 12.0. The molecule has 0 aromatic heterocycles. The van der Waals surface area contributed by atoms with Gasteiger partial charge in [0, 0.05) is 22.0 Å². The molecule has 3 nitrogen and oxygen atoms in total. The van der Waals surface area contributed by atoms with Gasteiger partial charge >= 0.3 is 0 Å². The molecule has 16 heavy (non-hydrogen) atoms. The quantitative estimate of drug-likeness (QED) is 0.906. The number of halogens is 2. The molecule has 0 aliphatic carbocycles. The monoisotopic (exact) mass is 347 g/mol. The van der Waals surface area contributed by atoms with Crippen LogP contribution in [0.5, 0.6) is 11.5 Å². The topological polar surface area (TPSA) is 30.5 Å². The Balaban J connectivity index is 2.06. The maximum absolute atomic E-state index is 5.32. The van der Waals surface area contributed by atoms with Gasteiger partial charge in [-0.2, -0.15) is 0 Å². The van der Waals surface area contributed by atoms with Crippen LogP contribution in [0.25, 0.3) is 0 Å². The van der Waals surface area contributed by atoms with Crippen molar-refractivity contribution in [3.63, 3.8) is 0 Å². The second kappa shape index (κ2) is 5.21. The van der Waals surface area contributed by atoms with Gasteiger partial charge in [0.15, 0.2) is 11.5 Å². The fourth-order valence-electron chi connectivity index (χ4n) is 1.43. The normalized spacial score (nSPS) is 12.9. The summed E-state index contributed by atoms with van der Waals surface area (Å²) in [6.07, 6.45) is 0. The summed E-state index contributed by atoms with van der Waals surface area (Å²) in [6.45, 7) is 5.56. The van der Waals surface area contributed by atoms with Gasteiger partial charge in [-0.1, -0.05) is 38.4 Å². The number of benzene rings is 1. The minimum atomic E-state index is 0.302. The van der Waals surface area contributed by atoms with E-state index in [9.17, 15) is 0 Å². The lowest BCUT2D eigenvalue weighted by Gasteiger charge is -2.07. The van der Waals surface area contributed by atoms with Crippen LogP contribution < -0.4 is 14.8 Å². The summed E-state index contributed by atoms with van der Waals surface area (Å²) in [7, 11) is 0. The molecule has 5 heteroatoms. The predicted octanol–water partition coefficient (Wildman–Crippen LogP) is 3.18. The summed E-state index contributed by atoms with van der Waals surface area (Å²) >= 11 is 6.81. The summed E-state index contributed by atoms with van der Waals surface area (Å²) in [5, 5.41) is 3.26. The molecule has 1 N–H and O–H groups in total. The Morgan fingerprint density at radius 3 is 2.75 bits per heavy atom. The molecule has 0 saturated carbocycles. The lowest BCUT2D eigenvalue weighted by molar-refractivity contribution is 0.174. The van der Waals surface area contributed by atoms with Crippen molar-refractivity contribution in [1.82, 2.24) is 5.32 Å². The third-order valence-corrected chi connectivity index (χ3v) is 3.19. The number of ether oxygens (including phenoxy) is 2. The largest absolute Gasteiger partial charge is 0.454 e. The first-order valence-corrected chi connectivity index (χ1v) is 6.37. The molecular formula is C11H11Br2NO2. The first-order chi connectivity index (χ1) is 7.66. The van der Waals surface area contributed by atoms with E-state index in [0.29, 0.717) is 6.79 Å². The van der Waals surface area contributed by atoms with Gasteiger partial charge in [0.25, 0.3) is 0 Å². The maximum atomic E-state index is 5.32. The lowest BCUT2D eigenvalue weighted by Crippen LogP contribution is -2.14. The Hall–Kier alpha value is -0.520. The molecule has 86 valence electrons. The summed E-state index contributed by atoms with van der Waals surface area (Å²) in [5.74, 6) is 1.60. The van der Waals surface area contributed by atoms with E-state index in [2.05, 4.69) is 43.8 Å². The van der Waals surface area contributed by atoms with Gasteiger partial charge in [-0.15, -0.1) is 0 Å². The van der Waals surface area contributed by atoms with E-state index in [-0.39, 0.29) is 0 Å². The molecule has 0 atom stereocenters. The van der Waals surface area contributed by atoms with E-state index in [0.717, 1.165) is 39.1 Å². The molecule has 0 amide bonds. The Kier molecular flexibility index (Phi) is 3.89. The molecule has 2 rings (SSSR count). The van der Waals surface area contributed by atoms with E-state index in [1.165, 1.54) is 0 Å². The Labute approximate surface area is 111 Å². The van der Waals surface area contributed by atoms with Crippen molar-refractivity contribution in [3.8, 4) is 11.5 Å². The third kappa shape index (κ3) is 2.78. The van der Waals surface area contributed by atoms with Gasteiger partial charge in [-0.25, -0.2) is 0 Å². The van der Waals surface area contributed by atoms with Crippen LogP contribution in [-0.4, -0.2) is 13.3 Å². The molecule has 1 heterocycles. The van der Waals surface area contributed by atoms with Crippen molar-refractivity contribution in [2.24, 2.45) is 0 Å². The van der Waals surface area contributed by atoms with Gasteiger partial charge in [0.1, 0.15) is 0 Å². The van der Waals surface area contributed by atoms with E-state index in [1.807, 2.05) is 12.1 Å². The Bertz CT molecular complexity index is 421. The minimum absolute atomic E-state index is 0.302. The number of hydrogen-bond acceptors (Lipinski definition) is 3. The molecule has 0 spiro atoms. The zero-order chi connectivity index (χ0) is 11.5. The number of hydrogen-bond donors (Lipinski definition) is 1. The average Bonchev–Trinajstić information content (AvgIpc) is 2.64. The molecule has 0 radical (unpaired) electrons. The predicted molar refractivity (Wildman–Crippen MR) is 70.0 cm³/mol. The second-order valence-corrected chi connectivity index (χ2v) is 5.39. The van der Waals surface area contributed by atoms with Crippen molar-refractivity contribution >= 4 is 31.9 Å². The van der Waals surface area contributed by atoms with Crippen LogP contribution in [0.4, 0.5) is 0 Å². The molecule has 1 aliphatic rings. The van der Waals surface area contributed by atoms with Crippen LogP contribution >= 0.6 is 31.9 Å². The van der Waals surface area contributed by atoms with Gasteiger partial charge in [0.05, 0.1) is 0 Å². The van der Waals surface area contributed by atoms with E-state index in [4.69, 9.17) is 9.47 Å². The maximum Gasteiger partial charge on any atom is 0.231 e. The average molecular weight is 349 g/mol. The highest BCUT2D eigenvalue weighted by Crippen LogP contribution is 2.36. The highest BCUT2D eigenvalue weighted by atomic mass is 79.9. The smallest absolute Gasteiger partial charge is 0.231 e. The van der Waals surface area contributed by atoms with Crippen LogP contribution in [0, 0.1) is 0 Å². The molecule has 1 aromatic carbocycles. The van der Waals surface area contributed by atoms with E-state index in [1.54, 1.807) is 0 Å². The SMILES string of the molecule is C=C(Br)CNCc1cc2c(cc1Br)OCO2. The first-order valence-electron chi connectivity index (χ1n) is 4.79. The Morgan fingerprint density at radius 1 is 1.38 bits per heavy atom. The number of rotatable bonds is 4. The summed E-state index contributed by atoms with van der Waals surface area (Å²) in [6, 6.07) is 3.92. The molecule has 1 aliphatic heterocycles. The third-order valence-electron chi connectivity index (χ3n) is 2.17. The van der Waals surface area contributed by atoms with Gasteiger partial charge in [-0.05, 0) is 17.7 Å². The van der Waals surface area contributed by atoms with Gasteiger partial charge in [0.2, 0.25) is 6.79 Å². The van der Waals surface area contributed by atoms with Crippen molar-refractivity contribution in [1.29, 1.82) is 0 Å². The fourth-order valence-corrected chi connectivity index (χ4v) is 2.09. The van der Waals surface area contributed by atoms with Crippen molar-refractivity contribution in [3.05, 3.63) is 33.2 Å². The lowest BCUT2D eigenvalue weighted by atomic mass is 10.2. The fraction of sp³-hybridized carbons (Fsp3) is 0.273. The summed E-state index contributed by atoms with van der Waals surface area (Å²) in [5.41, 5.74) is 1.14. The molecular weight excluding hydrogens is 338 g/mol. The van der Waals surface area contributed by atoms with E-state index < -0.39 is 0 Å². The van der Waals surface area contributed by atoms with Gasteiger partial charge < -0.3 is 14.8 Å². The molecule has 0 fully saturated rings. The summed E-state index contributed by atoms with van der Waals surface area (Å²) in [4.78, 5) is 0. The number of fused-ring (bicyclic) bond motifs is 1. The number of nitrogens with one attached hydrogen (secondary N) is 1. The highest BCUT2D eigenvalue weighted by molar-refractivity contribution is 9.11. The highest BCUT2D eigenvalue weighted by Gasteiger charge is 2.15. The van der Waals surface area contributed by atoms with Crippen molar-refractivity contribution in [2.45, 2.75) is 6.54 Å². The second-order valence-electron chi connectivity index (χ2n) is 3.42. The van der Waals surface area contributed by atoms with Crippen LogP contribution in [0.15, 0.2) is 27.7 Å². The van der Waals surface area contributed by atoms with Crippen LogP contribution in [0.3, 0.4) is 0 Å². The van der Waals surface area contributed by atoms with Crippen LogP contribution in [0.2, 0.25) is 0 Å². The standard InChI is InChI=1S/C11H11Br2NO2/c1-7(12)4-14-5-8-2-10-11(3-9(8)13)16-6-15-10/h2-3,14H,1,4-6H2. The molecule has 0 unspecified atom stereocenters. The van der Waals surface area contributed by atoms with Crippen molar-refractivity contribution < 1.29 is 9.47 Å². The van der Waals surface area contributed by atoms with Crippen molar-refractivity contribution in [2.75, 3.05) is 13.3 Å². The molecule has 0 saturated heterocycles. The van der Waals surface area contributed by atoms with E-state index >= 15 is 0 Å². The summed E-state index contributed by atoms with van der Waals surface area (Å²) < 4.78 is 12.6. The van der Waals surface area contributed by atoms with Gasteiger partial charge in [-0.3, -0.25) is 0 Å². The zero-order valence-electron chi connectivity index (χ0n) is 8.56. The van der Waals surface area contributed by atoms with Crippen LogP contribution in [-0.2, 0) is 6.54 Å². The van der Waals surface area contributed by atoms with Crippen LogP contribution in [0.1, 0.15) is 5.56 Å². The zero-order valence-corrected chi connectivity index (χ0v) is 11.7. The minimum Gasteiger partial charge on any atom is -0.454 e. The Morgan fingerprint density at radius 2 is 2.06 bits per heavy atom. The molecule has 0 bridgehead atoms. The molecule has 1 aromatic rings.